The summed E-state index contributed by atoms with van der Waals surface area (Å²) in [6.07, 6.45) is 0. The fourth-order valence-corrected chi connectivity index (χ4v) is 1.18. The molecule has 0 heterocycles. The highest BCUT2D eigenvalue weighted by Gasteiger charge is 2.08. The Morgan fingerprint density at radius 1 is 1.57 bits per heavy atom. The molecule has 0 radical (unpaired) electrons. The highest BCUT2D eigenvalue weighted by Crippen LogP contribution is 2.27. The molecule has 14 heavy (non-hydrogen) atoms. The molecule has 4 nitrogen and oxygen atoms in total. The van der Waals surface area contributed by atoms with E-state index in [-0.39, 0.29) is 5.82 Å². The first-order chi connectivity index (χ1) is 6.69. The molecule has 78 valence electrons. The SMILES string of the molecule is COc1ccc(F)cc1N(C)CNN. The van der Waals surface area contributed by atoms with Crippen molar-refractivity contribution < 1.29 is 9.13 Å². The summed E-state index contributed by atoms with van der Waals surface area (Å²) in [6, 6.07) is 4.33. The third-order valence-electron chi connectivity index (χ3n) is 1.88. The van der Waals surface area contributed by atoms with Crippen molar-refractivity contribution in [3.05, 3.63) is 24.0 Å². The van der Waals surface area contributed by atoms with E-state index in [2.05, 4.69) is 5.43 Å². The Kier molecular flexibility index (Phi) is 3.67. The van der Waals surface area contributed by atoms with Crippen molar-refractivity contribution in [3.63, 3.8) is 0 Å². The summed E-state index contributed by atoms with van der Waals surface area (Å²) in [5.74, 6) is 5.48. The molecule has 1 rings (SSSR count). The molecule has 0 saturated heterocycles. The lowest BCUT2D eigenvalue weighted by atomic mass is 10.2. The Hall–Kier alpha value is -1.33. The molecule has 0 aliphatic heterocycles. The van der Waals surface area contributed by atoms with Crippen LogP contribution in [-0.4, -0.2) is 20.8 Å². The molecule has 0 spiro atoms. The molecule has 0 aliphatic carbocycles. The normalized spacial score (nSPS) is 10.0. The van der Waals surface area contributed by atoms with Crippen molar-refractivity contribution in [3.8, 4) is 5.75 Å². The Labute approximate surface area is 82.4 Å². The number of benzene rings is 1. The molecule has 0 bridgehead atoms. The number of hydrazine groups is 1. The second-order valence-corrected chi connectivity index (χ2v) is 2.88. The number of halogens is 1. The maximum atomic E-state index is 13.0. The summed E-state index contributed by atoms with van der Waals surface area (Å²) >= 11 is 0. The number of ether oxygens (including phenoxy) is 1. The first kappa shape index (κ1) is 10.7. The van der Waals surface area contributed by atoms with Crippen LogP contribution in [0.15, 0.2) is 18.2 Å². The van der Waals surface area contributed by atoms with E-state index in [0.717, 1.165) is 0 Å². The Bertz CT molecular complexity index is 306. The topological polar surface area (TPSA) is 50.5 Å². The predicted molar refractivity (Wildman–Crippen MR) is 53.5 cm³/mol. The summed E-state index contributed by atoms with van der Waals surface area (Å²) < 4.78 is 18.0. The van der Waals surface area contributed by atoms with E-state index in [1.165, 1.54) is 12.1 Å². The predicted octanol–water partition coefficient (Wildman–Crippen LogP) is 0.691. The van der Waals surface area contributed by atoms with E-state index in [1.807, 2.05) is 0 Å². The molecular weight excluding hydrogens is 185 g/mol. The first-order valence-corrected chi connectivity index (χ1v) is 4.17. The first-order valence-electron chi connectivity index (χ1n) is 4.17. The lowest BCUT2D eigenvalue weighted by Crippen LogP contribution is -2.35. The van der Waals surface area contributed by atoms with Crippen molar-refractivity contribution in [2.75, 3.05) is 25.7 Å². The van der Waals surface area contributed by atoms with E-state index in [9.17, 15) is 4.39 Å². The van der Waals surface area contributed by atoms with Crippen LogP contribution in [0.1, 0.15) is 0 Å². The van der Waals surface area contributed by atoms with Crippen LogP contribution in [-0.2, 0) is 0 Å². The van der Waals surface area contributed by atoms with Gasteiger partial charge in [0.15, 0.2) is 0 Å². The van der Waals surface area contributed by atoms with E-state index >= 15 is 0 Å². The quantitative estimate of drug-likeness (QED) is 0.425. The van der Waals surface area contributed by atoms with Gasteiger partial charge in [-0.3, -0.25) is 5.84 Å². The number of hydrogen-bond donors (Lipinski definition) is 2. The minimum atomic E-state index is -0.301. The van der Waals surface area contributed by atoms with Gasteiger partial charge in [0.2, 0.25) is 0 Å². The zero-order valence-corrected chi connectivity index (χ0v) is 8.25. The molecular formula is C9H14FN3O. The minimum Gasteiger partial charge on any atom is -0.495 e. The molecule has 0 unspecified atom stereocenters. The minimum absolute atomic E-state index is 0.301. The molecule has 0 aromatic heterocycles. The monoisotopic (exact) mass is 199 g/mol. The van der Waals surface area contributed by atoms with Crippen molar-refractivity contribution in [1.82, 2.24) is 5.43 Å². The lowest BCUT2D eigenvalue weighted by molar-refractivity contribution is 0.413. The second kappa shape index (κ2) is 4.78. The van der Waals surface area contributed by atoms with Crippen molar-refractivity contribution in [1.29, 1.82) is 0 Å². The second-order valence-electron chi connectivity index (χ2n) is 2.88. The highest BCUT2D eigenvalue weighted by atomic mass is 19.1. The van der Waals surface area contributed by atoms with Crippen LogP contribution in [0.5, 0.6) is 5.75 Å². The molecule has 1 aromatic carbocycles. The maximum Gasteiger partial charge on any atom is 0.142 e. The molecule has 5 heteroatoms. The Balaban J connectivity index is 2.97. The smallest absolute Gasteiger partial charge is 0.142 e. The van der Waals surface area contributed by atoms with Crippen LogP contribution in [0.3, 0.4) is 0 Å². The fourth-order valence-electron chi connectivity index (χ4n) is 1.18. The van der Waals surface area contributed by atoms with Gasteiger partial charge in [0, 0.05) is 13.1 Å². The standard InChI is InChI=1S/C9H14FN3O/c1-13(6-12-11)8-5-7(10)3-4-9(8)14-2/h3-5,12H,6,11H2,1-2H3. The average molecular weight is 199 g/mol. The number of anilines is 1. The lowest BCUT2D eigenvalue weighted by Gasteiger charge is -2.20. The summed E-state index contributed by atoms with van der Waals surface area (Å²) in [6.45, 7) is 0.416. The van der Waals surface area contributed by atoms with Gasteiger partial charge in [-0.05, 0) is 12.1 Å². The summed E-state index contributed by atoms with van der Waals surface area (Å²) in [4.78, 5) is 1.75. The fraction of sp³-hybridized carbons (Fsp3) is 0.333. The van der Waals surface area contributed by atoms with Crippen LogP contribution in [0, 0.1) is 5.82 Å². The Morgan fingerprint density at radius 2 is 2.29 bits per heavy atom. The molecule has 0 aliphatic rings. The van der Waals surface area contributed by atoms with Crippen LogP contribution in [0.2, 0.25) is 0 Å². The van der Waals surface area contributed by atoms with E-state index in [0.29, 0.717) is 18.1 Å². The van der Waals surface area contributed by atoms with Crippen molar-refractivity contribution in [2.24, 2.45) is 5.84 Å². The van der Waals surface area contributed by atoms with Gasteiger partial charge in [0.1, 0.15) is 11.6 Å². The third-order valence-corrected chi connectivity index (χ3v) is 1.88. The van der Waals surface area contributed by atoms with E-state index in [1.54, 1.807) is 25.1 Å². The summed E-state index contributed by atoms with van der Waals surface area (Å²) in [5.41, 5.74) is 3.14. The highest BCUT2D eigenvalue weighted by molar-refractivity contribution is 5.58. The molecule has 3 N–H and O–H groups in total. The van der Waals surface area contributed by atoms with Crippen LogP contribution in [0.4, 0.5) is 10.1 Å². The van der Waals surface area contributed by atoms with Crippen LogP contribution < -0.4 is 20.9 Å². The third kappa shape index (κ3) is 2.34. The van der Waals surface area contributed by atoms with Gasteiger partial charge in [-0.2, -0.15) is 0 Å². The number of rotatable bonds is 4. The number of hydrogen-bond acceptors (Lipinski definition) is 4. The molecule has 0 fully saturated rings. The van der Waals surface area contributed by atoms with Gasteiger partial charge < -0.3 is 9.64 Å². The maximum absolute atomic E-state index is 13.0. The number of methoxy groups -OCH3 is 1. The van der Waals surface area contributed by atoms with Gasteiger partial charge in [0.05, 0.1) is 19.5 Å². The molecule has 0 saturated carbocycles. The van der Waals surface area contributed by atoms with Crippen molar-refractivity contribution >= 4 is 5.69 Å². The molecule has 0 atom stereocenters. The van der Waals surface area contributed by atoms with Gasteiger partial charge in [-0.15, -0.1) is 0 Å². The number of nitrogens with zero attached hydrogens (tertiary/aromatic N) is 1. The van der Waals surface area contributed by atoms with Gasteiger partial charge >= 0.3 is 0 Å². The van der Waals surface area contributed by atoms with E-state index in [4.69, 9.17) is 10.6 Å². The largest absolute Gasteiger partial charge is 0.495 e. The van der Waals surface area contributed by atoms with Gasteiger partial charge in [0.25, 0.3) is 0 Å². The molecule has 0 amide bonds. The Morgan fingerprint density at radius 3 is 2.86 bits per heavy atom. The average Bonchev–Trinajstić information content (AvgIpc) is 2.18. The van der Waals surface area contributed by atoms with Crippen molar-refractivity contribution in [2.45, 2.75) is 0 Å². The number of nitrogens with one attached hydrogen (secondary N) is 1. The van der Waals surface area contributed by atoms with Crippen LogP contribution >= 0.6 is 0 Å². The van der Waals surface area contributed by atoms with Gasteiger partial charge in [-0.25, -0.2) is 9.82 Å². The summed E-state index contributed by atoms with van der Waals surface area (Å²) in [5, 5.41) is 0. The van der Waals surface area contributed by atoms with Gasteiger partial charge in [-0.1, -0.05) is 0 Å². The molecule has 1 aromatic rings. The van der Waals surface area contributed by atoms with E-state index < -0.39 is 0 Å². The van der Waals surface area contributed by atoms with Crippen LogP contribution in [0.25, 0.3) is 0 Å². The summed E-state index contributed by atoms with van der Waals surface area (Å²) in [7, 11) is 3.33. The zero-order chi connectivity index (χ0) is 10.6. The zero-order valence-electron chi connectivity index (χ0n) is 8.25. The number of nitrogens with two attached hydrogens (primary N) is 1.